The molecule has 0 aliphatic carbocycles. The van der Waals surface area contributed by atoms with Crippen molar-refractivity contribution in [3.63, 3.8) is 0 Å². The van der Waals surface area contributed by atoms with Gasteiger partial charge in [-0.3, -0.25) is 0 Å². The Hall–Kier alpha value is -0.600. The van der Waals surface area contributed by atoms with Crippen LogP contribution in [0.15, 0.2) is 24.8 Å². The molecule has 0 radical (unpaired) electrons. The first kappa shape index (κ1) is 10.4. The number of allylic oxidation sites excluding steroid dienone is 1. The lowest BCUT2D eigenvalue weighted by Crippen LogP contribution is -2.13. The molecule has 0 rings (SSSR count). The van der Waals surface area contributed by atoms with Gasteiger partial charge in [0.1, 0.15) is 0 Å². The molecule has 0 fully saturated rings. The molecule has 0 aliphatic rings. The summed E-state index contributed by atoms with van der Waals surface area (Å²) in [6.45, 7) is 8.68. The van der Waals surface area contributed by atoms with Crippen LogP contribution in [0.1, 0.15) is 13.8 Å². The summed E-state index contributed by atoms with van der Waals surface area (Å²) in [6.07, 6.45) is 5.24. The first-order valence-corrected chi connectivity index (χ1v) is 3.82. The van der Waals surface area contributed by atoms with E-state index in [2.05, 4.69) is 6.58 Å². The highest BCUT2D eigenvalue weighted by Gasteiger charge is 1.99. The Labute approximate surface area is 68.5 Å². The molecule has 11 heavy (non-hydrogen) atoms. The van der Waals surface area contributed by atoms with Gasteiger partial charge < -0.3 is 9.47 Å². The van der Waals surface area contributed by atoms with Crippen molar-refractivity contribution in [2.45, 2.75) is 20.1 Å². The minimum Gasteiger partial charge on any atom is -0.349 e. The maximum atomic E-state index is 5.24. The predicted octanol–water partition coefficient (Wildman–Crippen LogP) is 2.13. The number of ether oxygens (including phenoxy) is 2. The summed E-state index contributed by atoms with van der Waals surface area (Å²) in [5, 5.41) is 0. The number of hydrogen-bond acceptors (Lipinski definition) is 2. The molecule has 64 valence electrons. The maximum absolute atomic E-state index is 5.24. The van der Waals surface area contributed by atoms with Gasteiger partial charge in [0.05, 0.1) is 6.61 Å². The summed E-state index contributed by atoms with van der Waals surface area (Å²) in [7, 11) is 0. The molecule has 2 heteroatoms. The van der Waals surface area contributed by atoms with E-state index in [-0.39, 0.29) is 6.29 Å². The Morgan fingerprint density at radius 2 is 2.18 bits per heavy atom. The zero-order valence-corrected chi connectivity index (χ0v) is 7.25. The van der Waals surface area contributed by atoms with Crippen LogP contribution in [0, 0.1) is 0 Å². The van der Waals surface area contributed by atoms with Crippen molar-refractivity contribution in [1.29, 1.82) is 0 Å². The minimum atomic E-state index is -0.267. The fraction of sp³-hybridized carbons (Fsp3) is 0.556. The standard InChI is InChI=1S/C9H16O2/c1-4-7-8-11-9(5-2)10-6-3/h4-5,7,9H,2,6,8H2,1,3H3/b7-4+. The average molecular weight is 156 g/mol. The fourth-order valence-corrected chi connectivity index (χ4v) is 0.595. The number of hydrogen-bond donors (Lipinski definition) is 0. The highest BCUT2D eigenvalue weighted by atomic mass is 16.7. The molecule has 0 amide bonds. The van der Waals surface area contributed by atoms with Gasteiger partial charge in [-0.15, -0.1) is 0 Å². The second kappa shape index (κ2) is 7.51. The van der Waals surface area contributed by atoms with E-state index >= 15 is 0 Å². The molecule has 0 aromatic rings. The Bertz CT molecular complexity index is 119. The van der Waals surface area contributed by atoms with Crippen LogP contribution in [0.4, 0.5) is 0 Å². The third-order valence-electron chi connectivity index (χ3n) is 1.12. The van der Waals surface area contributed by atoms with Gasteiger partial charge in [0, 0.05) is 6.61 Å². The molecule has 0 saturated heterocycles. The molecular weight excluding hydrogens is 140 g/mol. The Balaban J connectivity index is 3.43. The van der Waals surface area contributed by atoms with E-state index in [4.69, 9.17) is 9.47 Å². The van der Waals surface area contributed by atoms with Crippen LogP contribution >= 0.6 is 0 Å². The summed E-state index contributed by atoms with van der Waals surface area (Å²) in [5.41, 5.74) is 0. The van der Waals surface area contributed by atoms with Crippen molar-refractivity contribution in [3.8, 4) is 0 Å². The predicted molar refractivity (Wildman–Crippen MR) is 46.4 cm³/mol. The van der Waals surface area contributed by atoms with E-state index in [9.17, 15) is 0 Å². The van der Waals surface area contributed by atoms with Crippen molar-refractivity contribution >= 4 is 0 Å². The SMILES string of the molecule is C=CC(OCC)OC/C=C/C. The first-order valence-electron chi connectivity index (χ1n) is 3.82. The van der Waals surface area contributed by atoms with Crippen LogP contribution in [-0.4, -0.2) is 19.5 Å². The Morgan fingerprint density at radius 3 is 2.64 bits per heavy atom. The van der Waals surface area contributed by atoms with Gasteiger partial charge in [0.15, 0.2) is 6.29 Å². The molecule has 0 heterocycles. The molecule has 0 aromatic heterocycles. The third-order valence-corrected chi connectivity index (χ3v) is 1.12. The van der Waals surface area contributed by atoms with Crippen molar-refractivity contribution in [3.05, 3.63) is 24.8 Å². The van der Waals surface area contributed by atoms with Crippen molar-refractivity contribution in [2.24, 2.45) is 0 Å². The van der Waals surface area contributed by atoms with Crippen molar-refractivity contribution in [1.82, 2.24) is 0 Å². The summed E-state index contributed by atoms with van der Waals surface area (Å²) in [4.78, 5) is 0. The van der Waals surface area contributed by atoms with Crippen molar-refractivity contribution < 1.29 is 9.47 Å². The summed E-state index contributed by atoms with van der Waals surface area (Å²) < 4.78 is 10.4. The highest BCUT2D eigenvalue weighted by molar-refractivity contribution is 4.78. The molecule has 0 saturated carbocycles. The lowest BCUT2D eigenvalue weighted by molar-refractivity contribution is -0.0984. The monoisotopic (exact) mass is 156 g/mol. The zero-order chi connectivity index (χ0) is 8.53. The lowest BCUT2D eigenvalue weighted by atomic mass is 10.5. The van der Waals surface area contributed by atoms with Crippen LogP contribution in [0.3, 0.4) is 0 Å². The minimum absolute atomic E-state index is 0.267. The largest absolute Gasteiger partial charge is 0.349 e. The molecule has 2 nitrogen and oxygen atoms in total. The van der Waals surface area contributed by atoms with Crippen LogP contribution in [0.5, 0.6) is 0 Å². The third kappa shape index (κ3) is 5.83. The topological polar surface area (TPSA) is 18.5 Å². The van der Waals surface area contributed by atoms with E-state index in [1.54, 1.807) is 6.08 Å². The molecule has 1 unspecified atom stereocenters. The summed E-state index contributed by atoms with van der Waals surface area (Å²) >= 11 is 0. The Morgan fingerprint density at radius 1 is 1.45 bits per heavy atom. The lowest BCUT2D eigenvalue weighted by Gasteiger charge is -2.11. The van der Waals surface area contributed by atoms with Gasteiger partial charge >= 0.3 is 0 Å². The smallest absolute Gasteiger partial charge is 0.176 e. The van der Waals surface area contributed by atoms with Crippen molar-refractivity contribution in [2.75, 3.05) is 13.2 Å². The molecule has 0 bridgehead atoms. The van der Waals surface area contributed by atoms with Gasteiger partial charge in [0.25, 0.3) is 0 Å². The van der Waals surface area contributed by atoms with E-state index in [1.807, 2.05) is 26.0 Å². The van der Waals surface area contributed by atoms with Gasteiger partial charge in [-0.25, -0.2) is 0 Å². The summed E-state index contributed by atoms with van der Waals surface area (Å²) in [6, 6.07) is 0. The average Bonchev–Trinajstić information content (AvgIpc) is 2.03. The maximum Gasteiger partial charge on any atom is 0.176 e. The molecule has 0 aliphatic heterocycles. The molecule has 0 spiro atoms. The molecule has 0 N–H and O–H groups in total. The first-order chi connectivity index (χ1) is 5.35. The van der Waals surface area contributed by atoms with Gasteiger partial charge in [0.2, 0.25) is 0 Å². The quantitative estimate of drug-likeness (QED) is 0.433. The van der Waals surface area contributed by atoms with E-state index < -0.39 is 0 Å². The van der Waals surface area contributed by atoms with E-state index in [0.29, 0.717) is 13.2 Å². The Kier molecular flexibility index (Phi) is 7.10. The fourth-order valence-electron chi connectivity index (χ4n) is 0.595. The van der Waals surface area contributed by atoms with Crippen LogP contribution in [0.25, 0.3) is 0 Å². The second-order valence-corrected chi connectivity index (χ2v) is 1.96. The van der Waals surface area contributed by atoms with Gasteiger partial charge in [-0.1, -0.05) is 18.7 Å². The van der Waals surface area contributed by atoms with Gasteiger partial charge in [-0.2, -0.15) is 0 Å². The van der Waals surface area contributed by atoms with E-state index in [1.165, 1.54) is 0 Å². The van der Waals surface area contributed by atoms with Crippen LogP contribution in [-0.2, 0) is 9.47 Å². The number of rotatable bonds is 6. The van der Waals surface area contributed by atoms with Crippen LogP contribution < -0.4 is 0 Å². The second-order valence-electron chi connectivity index (χ2n) is 1.96. The summed E-state index contributed by atoms with van der Waals surface area (Å²) in [5.74, 6) is 0. The van der Waals surface area contributed by atoms with Gasteiger partial charge in [-0.05, 0) is 19.9 Å². The highest BCUT2D eigenvalue weighted by Crippen LogP contribution is 1.95. The molecule has 0 aromatic carbocycles. The zero-order valence-electron chi connectivity index (χ0n) is 7.25. The van der Waals surface area contributed by atoms with Crippen LogP contribution in [0.2, 0.25) is 0 Å². The van der Waals surface area contributed by atoms with E-state index in [0.717, 1.165) is 0 Å². The molecule has 1 atom stereocenters. The molecular formula is C9H16O2. The normalized spacial score (nSPS) is 13.6.